The van der Waals surface area contributed by atoms with E-state index in [-0.39, 0.29) is 17.1 Å². The lowest BCUT2D eigenvalue weighted by atomic mass is 10.3. The van der Waals surface area contributed by atoms with Gasteiger partial charge in [0.15, 0.2) is 9.84 Å². The molecule has 1 aliphatic rings. The van der Waals surface area contributed by atoms with Crippen molar-refractivity contribution < 1.29 is 18.3 Å². The summed E-state index contributed by atoms with van der Waals surface area (Å²) in [6.45, 7) is 0.903. The zero-order valence-electron chi connectivity index (χ0n) is 9.61. The smallest absolute Gasteiger partial charge is 0.338 e. The second kappa shape index (κ2) is 4.89. The van der Waals surface area contributed by atoms with Gasteiger partial charge in [0.1, 0.15) is 0 Å². The molecule has 2 heterocycles. The fourth-order valence-corrected chi connectivity index (χ4v) is 3.01. The molecule has 1 aliphatic heterocycles. The summed E-state index contributed by atoms with van der Waals surface area (Å²) in [4.78, 5) is 20.3. The van der Waals surface area contributed by atoms with Crippen LogP contribution < -0.4 is 4.90 Å². The van der Waals surface area contributed by atoms with Gasteiger partial charge in [-0.1, -0.05) is 0 Å². The molecule has 1 saturated heterocycles. The van der Waals surface area contributed by atoms with E-state index in [1.165, 1.54) is 12.4 Å². The number of carboxylic acids is 1. The monoisotopic (exact) mass is 271 g/mol. The molecular weight excluding hydrogens is 258 g/mol. The Hall–Kier alpha value is -1.70. The van der Waals surface area contributed by atoms with Crippen LogP contribution in [0.3, 0.4) is 0 Å². The van der Waals surface area contributed by atoms with E-state index in [9.17, 15) is 13.2 Å². The molecule has 2 rings (SSSR count). The number of sulfone groups is 1. The number of aromatic nitrogens is 2. The Kier molecular flexibility index (Phi) is 3.46. The van der Waals surface area contributed by atoms with Crippen molar-refractivity contribution in [2.75, 3.05) is 29.5 Å². The highest BCUT2D eigenvalue weighted by Crippen LogP contribution is 2.12. The van der Waals surface area contributed by atoms with Gasteiger partial charge >= 0.3 is 5.97 Å². The average Bonchev–Trinajstić information content (AvgIpc) is 2.50. The lowest BCUT2D eigenvalue weighted by Crippen LogP contribution is -2.28. The average molecular weight is 271 g/mol. The number of rotatable bonds is 2. The van der Waals surface area contributed by atoms with Gasteiger partial charge in [-0.05, 0) is 6.42 Å². The maximum Gasteiger partial charge on any atom is 0.338 e. The van der Waals surface area contributed by atoms with Gasteiger partial charge < -0.3 is 10.0 Å². The van der Waals surface area contributed by atoms with Crippen molar-refractivity contribution in [1.29, 1.82) is 0 Å². The minimum absolute atomic E-state index is 0.0150. The predicted molar refractivity (Wildman–Crippen MR) is 64.5 cm³/mol. The predicted octanol–water partition coefficient (Wildman–Crippen LogP) is -0.200. The van der Waals surface area contributed by atoms with Crippen molar-refractivity contribution in [2.45, 2.75) is 6.42 Å². The molecule has 0 bridgehead atoms. The summed E-state index contributed by atoms with van der Waals surface area (Å²) in [5.74, 6) is -0.453. The molecule has 7 nitrogen and oxygen atoms in total. The molecule has 1 aromatic heterocycles. The fourth-order valence-electron chi connectivity index (χ4n) is 1.73. The molecule has 18 heavy (non-hydrogen) atoms. The van der Waals surface area contributed by atoms with Crippen LogP contribution >= 0.6 is 0 Å². The lowest BCUT2D eigenvalue weighted by molar-refractivity contribution is 0.0696. The first-order valence-corrected chi connectivity index (χ1v) is 7.31. The maximum atomic E-state index is 11.4. The number of carboxylic acid groups (broad SMARTS) is 1. The van der Waals surface area contributed by atoms with Crippen molar-refractivity contribution in [2.24, 2.45) is 0 Å². The van der Waals surface area contributed by atoms with Crippen molar-refractivity contribution in [3.05, 3.63) is 18.0 Å². The molecular formula is C10H13N3O4S. The summed E-state index contributed by atoms with van der Waals surface area (Å²) in [7, 11) is -2.97. The molecule has 0 aromatic carbocycles. The van der Waals surface area contributed by atoms with Gasteiger partial charge in [0.2, 0.25) is 5.95 Å². The molecule has 1 fully saturated rings. The van der Waals surface area contributed by atoms with E-state index in [0.717, 1.165) is 0 Å². The summed E-state index contributed by atoms with van der Waals surface area (Å²) in [6.07, 6.45) is 2.99. The van der Waals surface area contributed by atoms with Crippen LogP contribution in [0.2, 0.25) is 0 Å². The first-order chi connectivity index (χ1) is 8.48. The van der Waals surface area contributed by atoms with E-state index in [4.69, 9.17) is 5.11 Å². The van der Waals surface area contributed by atoms with Crippen LogP contribution in [0.1, 0.15) is 16.8 Å². The van der Waals surface area contributed by atoms with Crippen molar-refractivity contribution in [1.82, 2.24) is 9.97 Å². The van der Waals surface area contributed by atoms with Crippen LogP contribution in [0.4, 0.5) is 5.95 Å². The van der Waals surface area contributed by atoms with Crippen LogP contribution in [-0.2, 0) is 9.84 Å². The quantitative estimate of drug-likeness (QED) is 0.794. The Bertz CT molecular complexity index is 541. The molecule has 8 heteroatoms. The van der Waals surface area contributed by atoms with Crippen LogP contribution in [0.5, 0.6) is 0 Å². The van der Waals surface area contributed by atoms with E-state index in [1.807, 2.05) is 0 Å². The van der Waals surface area contributed by atoms with E-state index in [1.54, 1.807) is 4.90 Å². The molecule has 0 unspecified atom stereocenters. The number of carbonyl (C=O) groups is 1. The standard InChI is InChI=1S/C10H13N3O4S/c14-9(15)8-6-11-10(12-7-8)13-2-1-4-18(16,17)5-3-13/h6-7H,1-5H2,(H,14,15). The summed E-state index contributed by atoms with van der Waals surface area (Å²) in [6, 6.07) is 0. The van der Waals surface area contributed by atoms with Gasteiger partial charge in [0.05, 0.1) is 17.1 Å². The topological polar surface area (TPSA) is 100 Å². The van der Waals surface area contributed by atoms with Crippen LogP contribution in [-0.4, -0.2) is 54.1 Å². The summed E-state index contributed by atoms with van der Waals surface area (Å²) in [5, 5.41) is 8.73. The Morgan fingerprint density at radius 2 is 1.89 bits per heavy atom. The highest BCUT2D eigenvalue weighted by molar-refractivity contribution is 7.91. The number of aromatic carboxylic acids is 1. The molecule has 1 N–H and O–H groups in total. The number of hydrogen-bond acceptors (Lipinski definition) is 6. The fraction of sp³-hybridized carbons (Fsp3) is 0.500. The van der Waals surface area contributed by atoms with Gasteiger partial charge in [0.25, 0.3) is 0 Å². The first-order valence-electron chi connectivity index (χ1n) is 5.49. The zero-order chi connectivity index (χ0) is 13.2. The summed E-state index contributed by atoms with van der Waals surface area (Å²) >= 11 is 0. The second-order valence-electron chi connectivity index (χ2n) is 4.07. The maximum absolute atomic E-state index is 11.4. The van der Waals surface area contributed by atoms with Gasteiger partial charge in [-0.15, -0.1) is 0 Å². The molecule has 0 atom stereocenters. The third-order valence-electron chi connectivity index (χ3n) is 2.72. The van der Waals surface area contributed by atoms with Crippen molar-refractivity contribution in [3.63, 3.8) is 0 Å². The largest absolute Gasteiger partial charge is 0.478 e. The highest BCUT2D eigenvalue weighted by Gasteiger charge is 2.20. The van der Waals surface area contributed by atoms with E-state index >= 15 is 0 Å². The first kappa shape index (κ1) is 12.7. The Labute approximate surface area is 104 Å². The summed E-state index contributed by atoms with van der Waals surface area (Å²) in [5.41, 5.74) is 0.0150. The van der Waals surface area contributed by atoms with Crippen LogP contribution in [0.25, 0.3) is 0 Å². The van der Waals surface area contributed by atoms with Gasteiger partial charge in [-0.2, -0.15) is 0 Å². The minimum atomic E-state index is -2.97. The molecule has 0 saturated carbocycles. The molecule has 1 aromatic rings. The molecule has 0 amide bonds. The Morgan fingerprint density at radius 1 is 1.22 bits per heavy atom. The Morgan fingerprint density at radius 3 is 2.50 bits per heavy atom. The van der Waals surface area contributed by atoms with Gasteiger partial charge in [0, 0.05) is 25.5 Å². The Balaban J connectivity index is 2.14. The molecule has 0 aliphatic carbocycles. The zero-order valence-corrected chi connectivity index (χ0v) is 10.4. The van der Waals surface area contributed by atoms with Crippen LogP contribution in [0.15, 0.2) is 12.4 Å². The normalized spacial score (nSPS) is 19.2. The van der Waals surface area contributed by atoms with Gasteiger partial charge in [-0.25, -0.2) is 23.2 Å². The SMILES string of the molecule is O=C(O)c1cnc(N2CCCS(=O)(=O)CC2)nc1. The third kappa shape index (κ3) is 2.95. The molecule has 0 spiro atoms. The van der Waals surface area contributed by atoms with Gasteiger partial charge in [-0.3, -0.25) is 0 Å². The number of hydrogen-bond donors (Lipinski definition) is 1. The summed E-state index contributed by atoms with van der Waals surface area (Å²) < 4.78 is 22.9. The number of nitrogens with zero attached hydrogens (tertiary/aromatic N) is 3. The molecule has 98 valence electrons. The van der Waals surface area contributed by atoms with E-state index in [2.05, 4.69) is 9.97 Å². The lowest BCUT2D eigenvalue weighted by Gasteiger charge is -2.18. The van der Waals surface area contributed by atoms with E-state index in [0.29, 0.717) is 25.5 Å². The number of anilines is 1. The highest BCUT2D eigenvalue weighted by atomic mass is 32.2. The minimum Gasteiger partial charge on any atom is -0.478 e. The third-order valence-corrected chi connectivity index (χ3v) is 4.44. The second-order valence-corrected chi connectivity index (χ2v) is 6.37. The van der Waals surface area contributed by atoms with Crippen molar-refractivity contribution >= 4 is 21.8 Å². The molecule has 0 radical (unpaired) electrons. The van der Waals surface area contributed by atoms with Crippen molar-refractivity contribution in [3.8, 4) is 0 Å². The van der Waals surface area contributed by atoms with Crippen LogP contribution in [0, 0.1) is 0 Å². The van der Waals surface area contributed by atoms with E-state index < -0.39 is 15.8 Å².